The fraction of sp³-hybridized carbons (Fsp3) is 0.350. The highest BCUT2D eigenvalue weighted by molar-refractivity contribution is 5.79. The van der Waals surface area contributed by atoms with E-state index in [0.717, 1.165) is 17.7 Å². The molecule has 0 aliphatic rings. The van der Waals surface area contributed by atoms with Crippen molar-refractivity contribution in [2.45, 2.75) is 19.6 Å². The van der Waals surface area contributed by atoms with Crippen LogP contribution < -0.4 is 24.8 Å². The summed E-state index contributed by atoms with van der Waals surface area (Å²) < 4.78 is 39.7. The molecule has 152 valence electrons. The molecule has 8 heteroatoms. The third-order valence-electron chi connectivity index (χ3n) is 3.99. The van der Waals surface area contributed by atoms with Gasteiger partial charge in [-0.2, -0.15) is 8.78 Å². The number of benzene rings is 2. The molecule has 0 saturated heterocycles. The van der Waals surface area contributed by atoms with Gasteiger partial charge >= 0.3 is 6.61 Å². The van der Waals surface area contributed by atoms with Crippen molar-refractivity contribution in [3.63, 3.8) is 0 Å². The number of alkyl halides is 2. The monoisotopic (exact) mass is 393 g/mol. The lowest BCUT2D eigenvalue weighted by Gasteiger charge is -2.14. The summed E-state index contributed by atoms with van der Waals surface area (Å²) in [5.41, 5.74) is 1.93. The van der Waals surface area contributed by atoms with Crippen LogP contribution in [-0.2, 0) is 13.0 Å². The van der Waals surface area contributed by atoms with Crippen LogP contribution in [0.1, 0.15) is 11.1 Å². The molecule has 0 radical (unpaired) electrons. The molecular weight excluding hydrogens is 368 g/mol. The van der Waals surface area contributed by atoms with Gasteiger partial charge in [-0.25, -0.2) is 0 Å². The number of hydrogen-bond donors (Lipinski definition) is 2. The first kappa shape index (κ1) is 21.3. The Morgan fingerprint density at radius 2 is 1.68 bits per heavy atom. The zero-order valence-corrected chi connectivity index (χ0v) is 16.2. The minimum Gasteiger partial charge on any atom is -0.497 e. The Morgan fingerprint density at radius 1 is 0.964 bits per heavy atom. The SMILES string of the molecule is CN=C(NCCc1ccc(OC)cc1)NCc1ccc(OC)c(OC(F)F)c1. The molecule has 2 N–H and O–H groups in total. The number of nitrogens with one attached hydrogen (secondary N) is 2. The van der Waals surface area contributed by atoms with Gasteiger partial charge in [-0.15, -0.1) is 0 Å². The topological polar surface area (TPSA) is 64.1 Å². The number of ether oxygens (including phenoxy) is 3. The van der Waals surface area contributed by atoms with Crippen molar-refractivity contribution in [3.05, 3.63) is 53.6 Å². The molecule has 0 atom stereocenters. The summed E-state index contributed by atoms with van der Waals surface area (Å²) in [4.78, 5) is 4.16. The average molecular weight is 393 g/mol. The quantitative estimate of drug-likeness (QED) is 0.506. The number of methoxy groups -OCH3 is 2. The standard InChI is InChI=1S/C20H25F2N3O3/c1-23-20(24-11-10-14-4-7-16(26-2)8-5-14)25-13-15-6-9-17(27-3)18(12-15)28-19(21)22/h4-9,12,19H,10-11,13H2,1-3H3,(H2,23,24,25). The molecule has 0 saturated carbocycles. The Kier molecular flexibility index (Phi) is 8.33. The highest BCUT2D eigenvalue weighted by atomic mass is 19.3. The fourth-order valence-electron chi connectivity index (χ4n) is 2.54. The molecule has 2 aromatic rings. The lowest BCUT2D eigenvalue weighted by Crippen LogP contribution is -2.37. The van der Waals surface area contributed by atoms with Gasteiger partial charge in [0.1, 0.15) is 5.75 Å². The Bertz CT molecular complexity index is 768. The molecule has 0 bridgehead atoms. The van der Waals surface area contributed by atoms with Gasteiger partial charge in [0.25, 0.3) is 0 Å². The summed E-state index contributed by atoms with van der Waals surface area (Å²) in [6, 6.07) is 12.7. The van der Waals surface area contributed by atoms with Gasteiger partial charge in [0.2, 0.25) is 0 Å². The predicted octanol–water partition coefficient (Wildman–Crippen LogP) is 3.21. The smallest absolute Gasteiger partial charge is 0.387 e. The van der Waals surface area contributed by atoms with Crippen LogP contribution in [0.25, 0.3) is 0 Å². The summed E-state index contributed by atoms with van der Waals surface area (Å²) in [6.07, 6.45) is 0.819. The second-order valence-corrected chi connectivity index (χ2v) is 5.81. The molecule has 0 aliphatic heterocycles. The minimum absolute atomic E-state index is 0.000692. The van der Waals surface area contributed by atoms with Crippen molar-refractivity contribution >= 4 is 5.96 Å². The highest BCUT2D eigenvalue weighted by Gasteiger charge is 2.11. The zero-order chi connectivity index (χ0) is 20.4. The Balaban J connectivity index is 1.85. The summed E-state index contributed by atoms with van der Waals surface area (Å²) in [5, 5.41) is 6.36. The summed E-state index contributed by atoms with van der Waals surface area (Å²) >= 11 is 0. The third-order valence-corrected chi connectivity index (χ3v) is 3.99. The number of nitrogens with zero attached hydrogens (tertiary/aromatic N) is 1. The Hall–Kier alpha value is -3.03. The molecule has 2 aromatic carbocycles. The van der Waals surface area contributed by atoms with Crippen LogP contribution in [0.4, 0.5) is 8.78 Å². The molecule has 0 heterocycles. The number of halogens is 2. The van der Waals surface area contributed by atoms with Crippen LogP contribution in [0, 0.1) is 0 Å². The number of guanidine groups is 1. The molecule has 0 aromatic heterocycles. The summed E-state index contributed by atoms with van der Waals surface area (Å²) in [6.45, 7) is -1.83. The highest BCUT2D eigenvalue weighted by Crippen LogP contribution is 2.29. The van der Waals surface area contributed by atoms with Gasteiger partial charge in [0.15, 0.2) is 17.5 Å². The van der Waals surface area contributed by atoms with E-state index in [-0.39, 0.29) is 11.5 Å². The molecule has 0 aliphatic carbocycles. The van der Waals surface area contributed by atoms with Crippen LogP contribution in [0.2, 0.25) is 0 Å². The van der Waals surface area contributed by atoms with Crippen LogP contribution in [0.15, 0.2) is 47.5 Å². The second kappa shape index (κ2) is 11.0. The lowest BCUT2D eigenvalue weighted by atomic mass is 10.1. The summed E-state index contributed by atoms with van der Waals surface area (Å²) in [7, 11) is 4.71. The summed E-state index contributed by atoms with van der Waals surface area (Å²) in [5.74, 6) is 1.69. The average Bonchev–Trinajstić information content (AvgIpc) is 2.70. The van der Waals surface area contributed by atoms with E-state index in [1.807, 2.05) is 24.3 Å². The number of rotatable bonds is 9. The van der Waals surface area contributed by atoms with E-state index >= 15 is 0 Å². The molecule has 2 rings (SSSR count). The van der Waals surface area contributed by atoms with Crippen molar-refractivity contribution in [3.8, 4) is 17.2 Å². The van der Waals surface area contributed by atoms with Gasteiger partial charge < -0.3 is 24.8 Å². The van der Waals surface area contributed by atoms with Crippen molar-refractivity contribution in [1.29, 1.82) is 0 Å². The van der Waals surface area contributed by atoms with Crippen LogP contribution >= 0.6 is 0 Å². The molecule has 0 amide bonds. The van der Waals surface area contributed by atoms with Gasteiger partial charge in [0, 0.05) is 20.1 Å². The van der Waals surface area contributed by atoms with Crippen molar-refractivity contribution in [2.75, 3.05) is 27.8 Å². The molecule has 0 spiro atoms. The van der Waals surface area contributed by atoms with Gasteiger partial charge in [0.05, 0.1) is 14.2 Å². The molecule has 0 fully saturated rings. The molecular formula is C20H25F2N3O3. The molecule has 0 unspecified atom stereocenters. The molecule has 28 heavy (non-hydrogen) atoms. The molecule has 6 nitrogen and oxygen atoms in total. The number of aliphatic imine (C=N–C) groups is 1. The zero-order valence-electron chi connectivity index (χ0n) is 16.2. The maximum atomic E-state index is 12.5. The number of hydrogen-bond acceptors (Lipinski definition) is 4. The second-order valence-electron chi connectivity index (χ2n) is 5.81. The van der Waals surface area contributed by atoms with Crippen molar-refractivity contribution in [2.24, 2.45) is 4.99 Å². The predicted molar refractivity (Wildman–Crippen MR) is 105 cm³/mol. The van der Waals surface area contributed by atoms with E-state index in [1.54, 1.807) is 26.3 Å². The first-order chi connectivity index (χ1) is 13.5. The van der Waals surface area contributed by atoms with Crippen LogP contribution in [0.5, 0.6) is 17.2 Å². The maximum Gasteiger partial charge on any atom is 0.387 e. The van der Waals surface area contributed by atoms with Crippen molar-refractivity contribution < 1.29 is 23.0 Å². The first-order valence-corrected chi connectivity index (χ1v) is 8.75. The van der Waals surface area contributed by atoms with E-state index in [0.29, 0.717) is 19.0 Å². The third kappa shape index (κ3) is 6.61. The van der Waals surface area contributed by atoms with Crippen molar-refractivity contribution in [1.82, 2.24) is 10.6 Å². The fourth-order valence-corrected chi connectivity index (χ4v) is 2.54. The maximum absolute atomic E-state index is 12.5. The van der Waals surface area contributed by atoms with Crippen LogP contribution in [-0.4, -0.2) is 40.4 Å². The van der Waals surface area contributed by atoms with Gasteiger partial charge in [-0.1, -0.05) is 18.2 Å². The lowest BCUT2D eigenvalue weighted by molar-refractivity contribution is -0.0512. The van der Waals surface area contributed by atoms with E-state index in [4.69, 9.17) is 9.47 Å². The van der Waals surface area contributed by atoms with E-state index < -0.39 is 6.61 Å². The largest absolute Gasteiger partial charge is 0.497 e. The Morgan fingerprint density at radius 3 is 2.29 bits per heavy atom. The van der Waals surface area contributed by atoms with Gasteiger partial charge in [-0.05, 0) is 41.8 Å². The van der Waals surface area contributed by atoms with Crippen LogP contribution in [0.3, 0.4) is 0 Å². The minimum atomic E-state index is -2.91. The Labute approximate surface area is 163 Å². The van der Waals surface area contributed by atoms with E-state index in [9.17, 15) is 8.78 Å². The van der Waals surface area contributed by atoms with E-state index in [2.05, 4.69) is 20.4 Å². The van der Waals surface area contributed by atoms with E-state index in [1.165, 1.54) is 18.7 Å². The first-order valence-electron chi connectivity index (χ1n) is 8.75. The normalized spacial score (nSPS) is 11.3. The van der Waals surface area contributed by atoms with Gasteiger partial charge in [-0.3, -0.25) is 4.99 Å².